The normalized spacial score (nSPS) is 8.94. The van der Waals surface area contributed by atoms with Gasteiger partial charge in [-0.1, -0.05) is 18.1 Å². The highest BCUT2D eigenvalue weighted by Crippen LogP contribution is 2.16. The van der Waals surface area contributed by atoms with E-state index in [1.165, 1.54) is 7.11 Å². The van der Waals surface area contributed by atoms with Crippen LogP contribution < -0.4 is 5.06 Å². The fourth-order valence-corrected chi connectivity index (χ4v) is 1.18. The van der Waals surface area contributed by atoms with Crippen LogP contribution in [-0.2, 0) is 9.57 Å². The SMILES string of the molecule is CC#COC(=O)N(OC)c1cccc(C)c1. The molecule has 0 spiro atoms. The highest BCUT2D eigenvalue weighted by molar-refractivity contribution is 5.86. The van der Waals surface area contributed by atoms with Crippen LogP contribution in [0.2, 0.25) is 0 Å². The quantitative estimate of drug-likeness (QED) is 0.566. The van der Waals surface area contributed by atoms with Gasteiger partial charge < -0.3 is 4.74 Å². The molecule has 0 aliphatic rings. The molecule has 0 unspecified atom stereocenters. The largest absolute Gasteiger partial charge is 0.452 e. The van der Waals surface area contributed by atoms with E-state index in [1.54, 1.807) is 13.0 Å². The zero-order valence-electron chi connectivity index (χ0n) is 9.48. The second-order valence-electron chi connectivity index (χ2n) is 3.04. The predicted octanol–water partition coefficient (Wildman–Crippen LogP) is 2.48. The summed E-state index contributed by atoms with van der Waals surface area (Å²) in [5, 5.41) is 1.04. The third-order valence-electron chi connectivity index (χ3n) is 1.82. The summed E-state index contributed by atoms with van der Waals surface area (Å²) in [6.07, 6.45) is 1.56. The molecular weight excluding hydrogens is 206 g/mol. The van der Waals surface area contributed by atoms with E-state index in [4.69, 9.17) is 4.84 Å². The molecular formula is C12H13NO3. The maximum absolute atomic E-state index is 11.5. The molecule has 4 nitrogen and oxygen atoms in total. The van der Waals surface area contributed by atoms with Crippen molar-refractivity contribution in [3.05, 3.63) is 29.8 Å². The molecule has 0 aliphatic carbocycles. The zero-order valence-corrected chi connectivity index (χ0v) is 9.48. The summed E-state index contributed by atoms with van der Waals surface area (Å²) in [5.41, 5.74) is 1.62. The fraction of sp³-hybridized carbons (Fsp3) is 0.250. The first-order valence-corrected chi connectivity index (χ1v) is 4.72. The Bertz CT molecular complexity index is 431. The van der Waals surface area contributed by atoms with Crippen LogP contribution in [0.25, 0.3) is 0 Å². The summed E-state index contributed by atoms with van der Waals surface area (Å²) in [6.45, 7) is 3.51. The minimum Gasteiger partial charge on any atom is -0.354 e. The molecule has 84 valence electrons. The molecule has 0 radical (unpaired) electrons. The highest BCUT2D eigenvalue weighted by atomic mass is 16.7. The first kappa shape index (κ1) is 12.1. The summed E-state index contributed by atoms with van der Waals surface area (Å²) in [7, 11) is 1.39. The summed E-state index contributed by atoms with van der Waals surface area (Å²) in [5.74, 6) is 2.47. The van der Waals surface area contributed by atoms with Crippen molar-refractivity contribution in [1.82, 2.24) is 0 Å². The number of hydrogen-bond donors (Lipinski definition) is 0. The van der Waals surface area contributed by atoms with Crippen LogP contribution in [0.1, 0.15) is 12.5 Å². The Hall–Kier alpha value is -1.99. The number of nitrogens with zero attached hydrogens (tertiary/aromatic N) is 1. The van der Waals surface area contributed by atoms with E-state index in [0.717, 1.165) is 10.6 Å². The van der Waals surface area contributed by atoms with Crippen LogP contribution in [0.15, 0.2) is 24.3 Å². The van der Waals surface area contributed by atoms with Crippen molar-refractivity contribution in [2.24, 2.45) is 0 Å². The number of hydrogen-bond acceptors (Lipinski definition) is 3. The first-order valence-electron chi connectivity index (χ1n) is 4.72. The number of carbonyl (C=O) groups excluding carboxylic acids is 1. The van der Waals surface area contributed by atoms with Gasteiger partial charge in [0.25, 0.3) is 0 Å². The number of anilines is 1. The van der Waals surface area contributed by atoms with Crippen LogP contribution in [0.4, 0.5) is 10.5 Å². The van der Waals surface area contributed by atoms with Gasteiger partial charge >= 0.3 is 6.09 Å². The molecule has 1 amide bonds. The van der Waals surface area contributed by atoms with E-state index in [9.17, 15) is 4.79 Å². The Labute approximate surface area is 94.7 Å². The molecule has 0 N–H and O–H groups in total. The smallest absolute Gasteiger partial charge is 0.354 e. The molecule has 0 bridgehead atoms. The van der Waals surface area contributed by atoms with Crippen molar-refractivity contribution in [1.29, 1.82) is 0 Å². The van der Waals surface area contributed by atoms with Crippen LogP contribution in [-0.4, -0.2) is 13.2 Å². The van der Waals surface area contributed by atoms with Gasteiger partial charge in [-0.05, 0) is 24.6 Å². The first-order chi connectivity index (χ1) is 7.69. The zero-order chi connectivity index (χ0) is 12.0. The van der Waals surface area contributed by atoms with Crippen molar-refractivity contribution in [3.8, 4) is 12.0 Å². The number of aryl methyl sites for hydroxylation is 1. The molecule has 1 aromatic carbocycles. The molecule has 0 heterocycles. The molecule has 0 saturated carbocycles. The molecule has 0 saturated heterocycles. The van der Waals surface area contributed by atoms with Crippen LogP contribution in [0.5, 0.6) is 0 Å². The molecule has 16 heavy (non-hydrogen) atoms. The number of carbonyl (C=O) groups is 1. The Morgan fingerprint density at radius 2 is 2.19 bits per heavy atom. The lowest BCUT2D eigenvalue weighted by Crippen LogP contribution is -2.29. The van der Waals surface area contributed by atoms with E-state index in [-0.39, 0.29) is 0 Å². The lowest BCUT2D eigenvalue weighted by molar-refractivity contribution is 0.129. The monoisotopic (exact) mass is 219 g/mol. The van der Waals surface area contributed by atoms with E-state index in [1.807, 2.05) is 25.1 Å². The molecule has 0 atom stereocenters. The van der Waals surface area contributed by atoms with E-state index in [0.29, 0.717) is 5.69 Å². The number of ether oxygens (including phenoxy) is 1. The van der Waals surface area contributed by atoms with Crippen molar-refractivity contribution >= 4 is 11.8 Å². The molecule has 4 heteroatoms. The van der Waals surface area contributed by atoms with Gasteiger partial charge in [0, 0.05) is 6.92 Å². The Morgan fingerprint density at radius 1 is 1.44 bits per heavy atom. The van der Waals surface area contributed by atoms with Crippen LogP contribution in [0, 0.1) is 19.0 Å². The van der Waals surface area contributed by atoms with Gasteiger partial charge in [0.05, 0.1) is 12.8 Å². The standard InChI is InChI=1S/C12H13NO3/c1-4-8-16-12(14)13(15-3)11-7-5-6-10(2)9-11/h5-7,9H,1-3H3. The topological polar surface area (TPSA) is 38.8 Å². The van der Waals surface area contributed by atoms with Crippen molar-refractivity contribution in [2.45, 2.75) is 13.8 Å². The Morgan fingerprint density at radius 3 is 2.75 bits per heavy atom. The third-order valence-corrected chi connectivity index (χ3v) is 1.82. The maximum Gasteiger partial charge on any atom is 0.452 e. The van der Waals surface area contributed by atoms with Gasteiger partial charge in [-0.15, -0.1) is 0 Å². The Balaban J connectivity index is 2.88. The minimum atomic E-state index is -0.664. The molecule has 0 fully saturated rings. The van der Waals surface area contributed by atoms with Gasteiger partial charge in [-0.25, -0.2) is 4.79 Å². The van der Waals surface area contributed by atoms with Crippen LogP contribution >= 0.6 is 0 Å². The number of rotatable bonds is 2. The van der Waals surface area contributed by atoms with Gasteiger partial charge in [-0.3, -0.25) is 4.84 Å². The summed E-state index contributed by atoms with van der Waals surface area (Å²) < 4.78 is 4.64. The predicted molar refractivity (Wildman–Crippen MR) is 60.6 cm³/mol. The summed E-state index contributed by atoms with van der Waals surface area (Å²) >= 11 is 0. The lowest BCUT2D eigenvalue weighted by atomic mass is 10.2. The maximum atomic E-state index is 11.5. The van der Waals surface area contributed by atoms with Crippen molar-refractivity contribution < 1.29 is 14.4 Å². The second-order valence-corrected chi connectivity index (χ2v) is 3.04. The van der Waals surface area contributed by atoms with Gasteiger partial charge in [0.15, 0.2) is 0 Å². The van der Waals surface area contributed by atoms with E-state index < -0.39 is 6.09 Å². The van der Waals surface area contributed by atoms with E-state index >= 15 is 0 Å². The lowest BCUT2D eigenvalue weighted by Gasteiger charge is -2.17. The minimum absolute atomic E-state index is 0.602. The number of amides is 1. The average molecular weight is 219 g/mol. The highest BCUT2D eigenvalue weighted by Gasteiger charge is 2.16. The number of benzene rings is 1. The second kappa shape index (κ2) is 5.79. The van der Waals surface area contributed by atoms with Crippen molar-refractivity contribution in [3.63, 3.8) is 0 Å². The summed E-state index contributed by atoms with van der Waals surface area (Å²) in [6, 6.07) is 7.31. The Kier molecular flexibility index (Phi) is 4.37. The molecule has 0 aliphatic heterocycles. The third kappa shape index (κ3) is 3.01. The fourth-order valence-electron chi connectivity index (χ4n) is 1.18. The van der Waals surface area contributed by atoms with E-state index in [2.05, 4.69) is 16.8 Å². The van der Waals surface area contributed by atoms with Crippen molar-refractivity contribution in [2.75, 3.05) is 12.2 Å². The summed E-state index contributed by atoms with van der Waals surface area (Å²) in [4.78, 5) is 16.5. The number of hydroxylamine groups is 1. The average Bonchev–Trinajstić information content (AvgIpc) is 2.27. The van der Waals surface area contributed by atoms with Crippen LogP contribution in [0.3, 0.4) is 0 Å². The molecule has 1 aromatic rings. The van der Waals surface area contributed by atoms with Gasteiger partial charge in [0.1, 0.15) is 6.11 Å². The molecule has 0 aromatic heterocycles. The van der Waals surface area contributed by atoms with Gasteiger partial charge in [0.2, 0.25) is 0 Å². The van der Waals surface area contributed by atoms with Gasteiger partial charge in [-0.2, -0.15) is 5.06 Å². The molecule has 1 rings (SSSR count).